The molecular weight excluding hydrogens is 400 g/mol. The van der Waals surface area contributed by atoms with E-state index in [2.05, 4.69) is 0 Å². The van der Waals surface area contributed by atoms with E-state index in [1.54, 1.807) is 0 Å². The van der Waals surface area contributed by atoms with Crippen molar-refractivity contribution in [2.24, 2.45) is 0 Å². The summed E-state index contributed by atoms with van der Waals surface area (Å²) in [6.07, 6.45) is 11.1. The largest absolute Gasteiger partial charge is 0.463 e. The van der Waals surface area contributed by atoms with Crippen molar-refractivity contribution in [1.29, 1.82) is 0 Å². The Morgan fingerprint density at radius 1 is 0.742 bits per heavy atom. The fraction of sp³-hybridized carbons (Fsp3) is 0.958. The summed E-state index contributed by atoms with van der Waals surface area (Å²) in [7, 11) is 0. The number of carbonyl (C=O) groups is 1. The Balaban J connectivity index is 1.87. The molecule has 0 saturated carbocycles. The van der Waals surface area contributed by atoms with E-state index in [0.717, 1.165) is 25.7 Å². The molecule has 7 nitrogen and oxygen atoms in total. The van der Waals surface area contributed by atoms with E-state index in [-0.39, 0.29) is 6.61 Å². The van der Waals surface area contributed by atoms with Gasteiger partial charge in [0.15, 0.2) is 6.29 Å². The Morgan fingerprint density at radius 3 is 1.74 bits per heavy atom. The molecule has 1 heterocycles. The van der Waals surface area contributed by atoms with Gasteiger partial charge in [0.25, 0.3) is 0 Å². The highest BCUT2D eigenvalue weighted by molar-refractivity contribution is 5.69. The zero-order valence-electron chi connectivity index (χ0n) is 20.1. The molecule has 4 N–H and O–H groups in total. The van der Waals surface area contributed by atoms with Crippen LogP contribution in [0.5, 0.6) is 0 Å². The van der Waals surface area contributed by atoms with Crippen molar-refractivity contribution >= 4 is 5.97 Å². The third kappa shape index (κ3) is 12.8. The minimum absolute atomic E-state index is 0.271. The highest BCUT2D eigenvalue weighted by atomic mass is 16.6. The first kappa shape index (κ1) is 26.5. The van der Waals surface area contributed by atoms with Crippen LogP contribution in [0.2, 0.25) is 0 Å². The molecule has 1 aliphatic heterocycles. The van der Waals surface area contributed by atoms with E-state index < -0.39 is 36.7 Å². The van der Waals surface area contributed by atoms with Crippen molar-refractivity contribution in [1.82, 2.24) is 0 Å². The van der Waals surface area contributed by atoms with Crippen molar-refractivity contribution in [2.45, 2.75) is 140 Å². The molecule has 31 heavy (non-hydrogen) atoms. The maximum atomic E-state index is 11.8. The summed E-state index contributed by atoms with van der Waals surface area (Å²) in [6, 6.07) is 0. The fourth-order valence-corrected chi connectivity index (χ4v) is 3.88. The molecule has 1 unspecified atom stereocenters. The quantitative estimate of drug-likeness (QED) is 0.187. The minimum Gasteiger partial charge on any atom is -0.463 e. The van der Waals surface area contributed by atoms with Gasteiger partial charge in [-0.3, -0.25) is 4.79 Å². The summed E-state index contributed by atoms with van der Waals surface area (Å²) < 4.78 is 17.2. The van der Waals surface area contributed by atoms with Gasteiger partial charge in [-0.15, -0.1) is 0 Å². The lowest BCUT2D eigenvalue weighted by Gasteiger charge is -2.37. The van der Waals surface area contributed by atoms with Crippen molar-refractivity contribution in [3.8, 4) is 0 Å². The summed E-state index contributed by atoms with van der Waals surface area (Å²) in [5, 5.41) is 38.3. The molecule has 0 aromatic heterocycles. The smallest absolute Gasteiger partial charge is 0.305 e. The lowest BCUT2D eigenvalue weighted by atomic mass is 9.99. The molecule has 1 fully saturated rings. The number of aliphatic hydroxyl groups excluding tert-OH is 4. The van der Waals surface area contributed by atoms with Gasteiger partial charge in [-0.2, -0.15) is 0 Å². The zero-order valence-corrected chi connectivity index (χ0v) is 19.1. The molecule has 0 radical (unpaired) electrons. The molecule has 184 valence electrons. The van der Waals surface area contributed by atoms with Crippen molar-refractivity contribution < 1.29 is 36.1 Å². The molecule has 0 spiro atoms. The van der Waals surface area contributed by atoms with Crippen LogP contribution in [0, 0.1) is 0 Å². The number of aliphatic hydroxyl groups is 4. The van der Waals surface area contributed by atoms with Gasteiger partial charge in [-0.1, -0.05) is 96.8 Å². The van der Waals surface area contributed by atoms with Gasteiger partial charge >= 0.3 is 5.97 Å². The Hall–Kier alpha value is -0.730. The first-order valence-corrected chi connectivity index (χ1v) is 12.3. The summed E-state index contributed by atoms with van der Waals surface area (Å²) in [5.74, 6) is -0.396. The maximum Gasteiger partial charge on any atom is 0.305 e. The van der Waals surface area contributed by atoms with Crippen molar-refractivity contribution in [2.75, 3.05) is 6.61 Å². The second-order valence-electron chi connectivity index (χ2n) is 8.77. The molecule has 0 aromatic rings. The summed E-state index contributed by atoms with van der Waals surface area (Å²) in [5.41, 5.74) is 0. The summed E-state index contributed by atoms with van der Waals surface area (Å²) in [6.45, 7) is 0.299. The molecule has 5 atom stereocenters. The zero-order chi connectivity index (χ0) is 23.6. The number of carbonyl (C=O) groups excluding carboxylic acids is 1. The van der Waals surface area contributed by atoms with Gasteiger partial charge < -0.3 is 29.9 Å². The predicted octanol–water partition coefficient (Wildman–Crippen LogP) is 3.59. The van der Waals surface area contributed by atoms with Crippen LogP contribution in [-0.2, 0) is 14.3 Å². The van der Waals surface area contributed by atoms with E-state index in [4.69, 9.17) is 10.8 Å². The van der Waals surface area contributed by atoms with Crippen LogP contribution in [0.15, 0.2) is 0 Å². The lowest BCUT2D eigenvalue weighted by Crippen LogP contribution is -2.58. The SMILES string of the molecule is [2H]CCCCCCCCCCCCCCCCCC(=O)OC[C@H]1OC(O)[C@H](O)[C@@H](O)[C@@H]1O. The molecule has 1 saturated heterocycles. The Kier molecular flexibility index (Phi) is 15.2. The van der Waals surface area contributed by atoms with Crippen molar-refractivity contribution in [3.05, 3.63) is 0 Å². The molecule has 1 aliphatic rings. The molecule has 0 amide bonds. The lowest BCUT2D eigenvalue weighted by molar-refractivity contribution is -0.287. The Bertz CT molecular complexity index is 466. The first-order valence-electron chi connectivity index (χ1n) is 13.0. The second kappa shape index (κ2) is 17.8. The van der Waals surface area contributed by atoms with Gasteiger partial charge in [0, 0.05) is 7.79 Å². The fourth-order valence-electron chi connectivity index (χ4n) is 3.88. The second-order valence-corrected chi connectivity index (χ2v) is 8.77. The average molecular weight is 448 g/mol. The number of hydrogen-bond donors (Lipinski definition) is 4. The van der Waals surface area contributed by atoms with E-state index in [1.165, 1.54) is 70.6 Å². The molecule has 7 heteroatoms. The van der Waals surface area contributed by atoms with Crippen LogP contribution in [0.4, 0.5) is 0 Å². The van der Waals surface area contributed by atoms with E-state index in [1.807, 2.05) is 0 Å². The average Bonchev–Trinajstić information content (AvgIpc) is 2.78. The maximum absolute atomic E-state index is 11.8. The van der Waals surface area contributed by atoms with Gasteiger partial charge in [-0.05, 0) is 6.42 Å². The number of ether oxygens (including phenoxy) is 2. The summed E-state index contributed by atoms with van der Waals surface area (Å²) in [4.78, 5) is 11.8. The predicted molar refractivity (Wildman–Crippen MR) is 119 cm³/mol. The van der Waals surface area contributed by atoms with E-state index in [9.17, 15) is 25.2 Å². The van der Waals surface area contributed by atoms with Gasteiger partial charge in [-0.25, -0.2) is 0 Å². The van der Waals surface area contributed by atoms with Gasteiger partial charge in [0.05, 0.1) is 0 Å². The van der Waals surface area contributed by atoms with Crippen LogP contribution in [0.25, 0.3) is 0 Å². The number of esters is 1. The van der Waals surface area contributed by atoms with Gasteiger partial charge in [0.1, 0.15) is 31.0 Å². The van der Waals surface area contributed by atoms with Crippen LogP contribution in [0.1, 0.15) is 111 Å². The van der Waals surface area contributed by atoms with Crippen molar-refractivity contribution in [3.63, 3.8) is 0 Å². The molecule has 0 aliphatic carbocycles. The molecule has 1 rings (SSSR count). The van der Waals surface area contributed by atoms with E-state index in [0.29, 0.717) is 13.3 Å². The Labute approximate surface area is 189 Å². The minimum atomic E-state index is -1.62. The number of unbranched alkanes of at least 4 members (excludes halogenated alkanes) is 14. The topological polar surface area (TPSA) is 116 Å². The third-order valence-electron chi connectivity index (χ3n) is 5.98. The Morgan fingerprint density at radius 2 is 1.23 bits per heavy atom. The van der Waals surface area contributed by atoms with Gasteiger partial charge in [0.2, 0.25) is 0 Å². The van der Waals surface area contributed by atoms with Crippen LogP contribution in [0.3, 0.4) is 0 Å². The highest BCUT2D eigenvalue weighted by Crippen LogP contribution is 2.20. The van der Waals surface area contributed by atoms with Crippen LogP contribution < -0.4 is 0 Å². The number of rotatable bonds is 18. The monoisotopic (exact) mass is 447 g/mol. The van der Waals surface area contributed by atoms with Crippen LogP contribution >= 0.6 is 0 Å². The molecule has 0 bridgehead atoms. The third-order valence-corrected chi connectivity index (χ3v) is 5.98. The highest BCUT2D eigenvalue weighted by Gasteiger charge is 2.43. The molecule has 0 aromatic carbocycles. The van der Waals surface area contributed by atoms with E-state index >= 15 is 0 Å². The first-order chi connectivity index (χ1) is 15.5. The normalized spacial score (nSPS) is 26.6. The summed E-state index contributed by atoms with van der Waals surface area (Å²) >= 11 is 0. The number of hydrogen-bond acceptors (Lipinski definition) is 7. The van der Waals surface area contributed by atoms with Crippen LogP contribution in [-0.4, -0.2) is 63.7 Å². The molecular formula is C24H46O7. The standard InChI is InChI=1S/C24H46O7/c1-2-3-4-5-6-7-8-9-10-11-12-13-14-15-16-17-20(25)30-18-19-21(26)22(27)23(28)24(29)31-19/h19,21-24,26-29H,2-18H2,1H3/t19-,21-,22+,23-,24?/m1/s1/i1D.